The van der Waals surface area contributed by atoms with Crippen molar-refractivity contribution in [3.05, 3.63) is 80.9 Å². The average Bonchev–Trinajstić information content (AvgIpc) is 2.96. The molecule has 6 heteroatoms. The molecule has 3 nitrogen and oxygen atoms in total. The van der Waals surface area contributed by atoms with Gasteiger partial charge in [-0.2, -0.15) is 0 Å². The van der Waals surface area contributed by atoms with Gasteiger partial charge in [0.25, 0.3) is 0 Å². The Morgan fingerprint density at radius 2 is 1.74 bits per heavy atom. The van der Waals surface area contributed by atoms with Crippen LogP contribution in [-0.2, 0) is 6.54 Å². The minimum atomic E-state index is -0.0483. The summed E-state index contributed by atoms with van der Waals surface area (Å²) in [6, 6.07) is 15.4. The summed E-state index contributed by atoms with van der Waals surface area (Å²) in [6.07, 6.45) is 1.66. The van der Waals surface area contributed by atoms with E-state index in [2.05, 4.69) is 10.3 Å². The van der Waals surface area contributed by atoms with Gasteiger partial charge in [-0.15, -0.1) is 11.3 Å². The van der Waals surface area contributed by atoms with Crippen molar-refractivity contribution in [3.63, 3.8) is 0 Å². The summed E-state index contributed by atoms with van der Waals surface area (Å²) in [4.78, 5) is 5.62. The molecular formula is C17H15Cl2N3S. The highest BCUT2D eigenvalue weighted by Crippen LogP contribution is 2.25. The molecule has 118 valence electrons. The number of nitrogen functional groups attached to an aromatic ring is 1. The molecule has 0 saturated heterocycles. The van der Waals surface area contributed by atoms with Gasteiger partial charge in [0.05, 0.1) is 21.8 Å². The van der Waals surface area contributed by atoms with Gasteiger partial charge in [-0.05, 0) is 42.0 Å². The van der Waals surface area contributed by atoms with Gasteiger partial charge >= 0.3 is 0 Å². The number of halogens is 2. The second-order valence-corrected chi connectivity index (χ2v) is 7.14. The van der Waals surface area contributed by atoms with Gasteiger partial charge in [0.1, 0.15) is 0 Å². The highest BCUT2D eigenvalue weighted by Gasteiger charge is 2.15. The lowest BCUT2D eigenvalue weighted by Crippen LogP contribution is -2.22. The van der Waals surface area contributed by atoms with E-state index in [4.69, 9.17) is 28.9 Å². The molecule has 0 aliphatic heterocycles. The van der Waals surface area contributed by atoms with Crippen LogP contribution < -0.4 is 11.1 Å². The number of aromatic nitrogens is 1. The molecule has 1 unspecified atom stereocenters. The van der Waals surface area contributed by atoms with Gasteiger partial charge in [0.2, 0.25) is 0 Å². The molecule has 2 aromatic heterocycles. The third-order valence-corrected chi connectivity index (χ3v) is 4.80. The van der Waals surface area contributed by atoms with E-state index in [1.54, 1.807) is 17.5 Å². The largest absolute Gasteiger partial charge is 0.391 e. The molecule has 3 aromatic rings. The van der Waals surface area contributed by atoms with Crippen LogP contribution in [-0.4, -0.2) is 4.98 Å². The van der Waals surface area contributed by atoms with E-state index in [1.807, 2.05) is 48.5 Å². The Hall–Kier alpha value is -1.59. The third-order valence-electron chi connectivity index (χ3n) is 3.41. The summed E-state index contributed by atoms with van der Waals surface area (Å²) in [7, 11) is 0. The van der Waals surface area contributed by atoms with Gasteiger partial charge < -0.3 is 11.1 Å². The van der Waals surface area contributed by atoms with Crippen LogP contribution in [0.1, 0.15) is 22.2 Å². The van der Waals surface area contributed by atoms with Gasteiger partial charge in [0.15, 0.2) is 0 Å². The number of hydrogen-bond acceptors (Lipinski definition) is 4. The predicted molar refractivity (Wildman–Crippen MR) is 98.1 cm³/mol. The van der Waals surface area contributed by atoms with E-state index in [9.17, 15) is 0 Å². The molecule has 1 atom stereocenters. The van der Waals surface area contributed by atoms with Crippen LogP contribution in [0.5, 0.6) is 0 Å². The Labute approximate surface area is 149 Å². The Morgan fingerprint density at radius 1 is 1.00 bits per heavy atom. The van der Waals surface area contributed by atoms with E-state index in [-0.39, 0.29) is 6.04 Å². The highest BCUT2D eigenvalue weighted by molar-refractivity contribution is 7.15. The first-order chi connectivity index (χ1) is 11.1. The molecule has 1 aromatic carbocycles. The fourth-order valence-electron chi connectivity index (χ4n) is 2.30. The summed E-state index contributed by atoms with van der Waals surface area (Å²) >= 11 is 13.5. The van der Waals surface area contributed by atoms with Crippen molar-refractivity contribution in [1.82, 2.24) is 10.3 Å². The van der Waals surface area contributed by atoms with E-state index >= 15 is 0 Å². The fourth-order valence-corrected chi connectivity index (χ4v) is 3.27. The lowest BCUT2D eigenvalue weighted by Gasteiger charge is -2.19. The minimum Gasteiger partial charge on any atom is -0.391 e. The quantitative estimate of drug-likeness (QED) is 0.676. The van der Waals surface area contributed by atoms with Crippen LogP contribution in [0.2, 0.25) is 10.0 Å². The minimum absolute atomic E-state index is 0.0483. The summed E-state index contributed by atoms with van der Waals surface area (Å²) in [5.74, 6) is 0. The first kappa shape index (κ1) is 16.3. The number of nitrogens with two attached hydrogens (primary N) is 1. The maximum absolute atomic E-state index is 5.99. The molecule has 0 aliphatic rings. The normalized spacial score (nSPS) is 12.3. The number of nitrogens with one attached hydrogen (secondary N) is 1. The van der Waals surface area contributed by atoms with Crippen LogP contribution in [0.3, 0.4) is 0 Å². The molecule has 23 heavy (non-hydrogen) atoms. The monoisotopic (exact) mass is 363 g/mol. The molecule has 0 spiro atoms. The Balaban J connectivity index is 1.86. The van der Waals surface area contributed by atoms with Crippen molar-refractivity contribution in [2.75, 3.05) is 5.73 Å². The molecule has 0 radical (unpaired) electrons. The molecule has 2 heterocycles. The van der Waals surface area contributed by atoms with Crippen molar-refractivity contribution < 1.29 is 0 Å². The van der Waals surface area contributed by atoms with E-state index in [1.165, 1.54) is 4.88 Å². The van der Waals surface area contributed by atoms with Crippen LogP contribution in [0.15, 0.2) is 54.7 Å². The number of thiophene rings is 1. The zero-order valence-corrected chi connectivity index (χ0v) is 14.5. The smallest absolute Gasteiger partial charge is 0.0859 e. The van der Waals surface area contributed by atoms with E-state index in [0.717, 1.165) is 16.3 Å². The number of nitrogens with zero attached hydrogens (tertiary/aromatic N) is 1. The van der Waals surface area contributed by atoms with Crippen LogP contribution in [0.25, 0.3) is 0 Å². The molecule has 0 aliphatic carbocycles. The number of benzene rings is 1. The van der Waals surface area contributed by atoms with Gasteiger partial charge in [-0.3, -0.25) is 4.98 Å². The molecule has 3 N–H and O–H groups in total. The molecule has 0 saturated carbocycles. The second-order valence-electron chi connectivity index (χ2n) is 5.07. The van der Waals surface area contributed by atoms with Crippen molar-refractivity contribution in [1.29, 1.82) is 0 Å². The highest BCUT2D eigenvalue weighted by atomic mass is 35.5. The van der Waals surface area contributed by atoms with Crippen LogP contribution in [0, 0.1) is 0 Å². The lowest BCUT2D eigenvalue weighted by molar-refractivity contribution is 0.596. The van der Waals surface area contributed by atoms with Gasteiger partial charge in [0, 0.05) is 22.6 Å². The summed E-state index contributed by atoms with van der Waals surface area (Å²) in [6.45, 7) is 0.708. The number of pyridine rings is 1. The number of rotatable bonds is 5. The summed E-state index contributed by atoms with van der Waals surface area (Å²) < 4.78 is 0. The standard InChI is InChI=1S/C17H15Cl2N3S/c18-12-3-1-11(2-4-12)17(15-7-5-13(19)9-21-15)22-10-14-6-8-16(20)23-14/h1-9,17,22H,10,20H2. The number of anilines is 1. The molecule has 0 bridgehead atoms. The first-order valence-electron chi connectivity index (χ1n) is 7.06. The number of hydrogen-bond donors (Lipinski definition) is 2. The van der Waals surface area contributed by atoms with Crippen molar-refractivity contribution in [2.24, 2.45) is 0 Å². The summed E-state index contributed by atoms with van der Waals surface area (Å²) in [5.41, 5.74) is 7.78. The maximum atomic E-state index is 5.99. The topological polar surface area (TPSA) is 50.9 Å². The van der Waals surface area contributed by atoms with Crippen molar-refractivity contribution in [3.8, 4) is 0 Å². The van der Waals surface area contributed by atoms with Crippen molar-refractivity contribution >= 4 is 39.5 Å². The molecule has 0 amide bonds. The second kappa shape index (κ2) is 7.32. The van der Waals surface area contributed by atoms with Crippen LogP contribution >= 0.6 is 34.5 Å². The Morgan fingerprint density at radius 3 is 2.35 bits per heavy atom. The maximum Gasteiger partial charge on any atom is 0.0859 e. The van der Waals surface area contributed by atoms with Crippen molar-refractivity contribution in [2.45, 2.75) is 12.6 Å². The molecule has 3 rings (SSSR count). The van der Waals surface area contributed by atoms with Gasteiger partial charge in [-0.25, -0.2) is 0 Å². The Kier molecular flexibility index (Phi) is 5.18. The Bertz CT molecular complexity index is 724. The van der Waals surface area contributed by atoms with E-state index < -0.39 is 0 Å². The van der Waals surface area contributed by atoms with E-state index in [0.29, 0.717) is 16.6 Å². The SMILES string of the molecule is Nc1ccc(CNC(c2ccc(Cl)cc2)c2ccc(Cl)cn2)s1. The third kappa shape index (κ3) is 4.24. The van der Waals surface area contributed by atoms with Crippen LogP contribution in [0.4, 0.5) is 5.00 Å². The summed E-state index contributed by atoms with van der Waals surface area (Å²) in [5, 5.41) is 5.67. The predicted octanol–water partition coefficient (Wildman–Crippen LogP) is 4.91. The zero-order valence-electron chi connectivity index (χ0n) is 12.2. The first-order valence-corrected chi connectivity index (χ1v) is 8.63. The zero-order chi connectivity index (χ0) is 16.2. The van der Waals surface area contributed by atoms with Gasteiger partial charge in [-0.1, -0.05) is 35.3 Å². The molecular weight excluding hydrogens is 349 g/mol. The lowest BCUT2D eigenvalue weighted by atomic mass is 10.0. The average molecular weight is 364 g/mol. The fraction of sp³-hybridized carbons (Fsp3) is 0.118. The molecule has 0 fully saturated rings.